The fourth-order valence-electron chi connectivity index (χ4n) is 4.19. The van der Waals surface area contributed by atoms with Gasteiger partial charge in [-0.2, -0.15) is 0 Å². The highest BCUT2D eigenvalue weighted by atomic mass is 32.1. The van der Waals surface area contributed by atoms with Gasteiger partial charge in [-0.1, -0.05) is 12.1 Å². The quantitative estimate of drug-likeness (QED) is 0.874. The predicted octanol–water partition coefficient (Wildman–Crippen LogP) is 2.20. The van der Waals surface area contributed by atoms with Crippen LogP contribution in [0.1, 0.15) is 36.6 Å². The van der Waals surface area contributed by atoms with Crippen LogP contribution in [0.4, 0.5) is 0 Å². The number of nitrogens with zero attached hydrogens (tertiary/aromatic N) is 3. The van der Waals surface area contributed by atoms with Gasteiger partial charge in [0.1, 0.15) is 0 Å². The molecule has 0 radical (unpaired) electrons. The number of piperidine rings is 2. The van der Waals surface area contributed by atoms with Crippen LogP contribution in [0.5, 0.6) is 0 Å². The summed E-state index contributed by atoms with van der Waals surface area (Å²) in [6.07, 6.45) is 3.85. The predicted molar refractivity (Wildman–Crippen MR) is 107 cm³/mol. The molecule has 7 heteroatoms. The molecule has 2 saturated heterocycles. The summed E-state index contributed by atoms with van der Waals surface area (Å²) >= 11 is 1.77. The molecule has 2 amide bonds. The number of primary amides is 1. The van der Waals surface area contributed by atoms with Crippen molar-refractivity contribution in [1.29, 1.82) is 0 Å². The highest BCUT2D eigenvalue weighted by molar-refractivity contribution is 7.18. The van der Waals surface area contributed by atoms with Crippen molar-refractivity contribution in [2.45, 2.75) is 31.6 Å². The summed E-state index contributed by atoms with van der Waals surface area (Å²) in [5.74, 6) is 0.0236. The number of likely N-dealkylation sites (tertiary alicyclic amines) is 2. The van der Waals surface area contributed by atoms with Crippen molar-refractivity contribution in [3.63, 3.8) is 0 Å². The van der Waals surface area contributed by atoms with Crippen LogP contribution in [-0.2, 0) is 9.59 Å². The van der Waals surface area contributed by atoms with Gasteiger partial charge >= 0.3 is 0 Å². The lowest BCUT2D eigenvalue weighted by Gasteiger charge is -2.35. The molecule has 0 spiro atoms. The van der Waals surface area contributed by atoms with E-state index in [0.717, 1.165) is 50.8 Å². The Morgan fingerprint density at radius 2 is 1.96 bits per heavy atom. The van der Waals surface area contributed by atoms with Gasteiger partial charge in [0.05, 0.1) is 27.7 Å². The third-order valence-electron chi connectivity index (χ3n) is 5.70. The third-order valence-corrected chi connectivity index (χ3v) is 6.90. The number of carbonyl (C=O) groups excluding carboxylic acids is 2. The van der Waals surface area contributed by atoms with E-state index in [0.29, 0.717) is 19.0 Å². The number of hydrogen-bond acceptors (Lipinski definition) is 5. The van der Waals surface area contributed by atoms with Gasteiger partial charge in [-0.15, -0.1) is 11.3 Å². The van der Waals surface area contributed by atoms with Gasteiger partial charge in [-0.3, -0.25) is 14.5 Å². The minimum atomic E-state index is -0.290. The average Bonchev–Trinajstić information content (AvgIpc) is 3.12. The van der Waals surface area contributed by atoms with Crippen molar-refractivity contribution in [2.24, 2.45) is 11.7 Å². The Morgan fingerprint density at radius 1 is 1.15 bits per heavy atom. The van der Waals surface area contributed by atoms with E-state index in [2.05, 4.69) is 17.0 Å². The molecular formula is C20H26N4O2S. The number of rotatable bonds is 4. The second kappa shape index (κ2) is 7.94. The van der Waals surface area contributed by atoms with Crippen LogP contribution in [0, 0.1) is 5.92 Å². The number of aromatic nitrogens is 1. The number of para-hydroxylation sites is 1. The van der Waals surface area contributed by atoms with E-state index in [1.165, 1.54) is 9.71 Å². The topological polar surface area (TPSA) is 79.5 Å². The highest BCUT2D eigenvalue weighted by Gasteiger charge is 2.30. The van der Waals surface area contributed by atoms with Gasteiger partial charge in [0.15, 0.2) is 0 Å². The smallest absolute Gasteiger partial charge is 0.236 e. The van der Waals surface area contributed by atoms with Crippen molar-refractivity contribution in [1.82, 2.24) is 14.8 Å². The van der Waals surface area contributed by atoms with E-state index in [1.807, 2.05) is 17.0 Å². The highest BCUT2D eigenvalue weighted by Crippen LogP contribution is 2.33. The second-order valence-electron chi connectivity index (χ2n) is 7.68. The maximum atomic E-state index is 12.7. The molecule has 2 fully saturated rings. The second-order valence-corrected chi connectivity index (χ2v) is 8.74. The van der Waals surface area contributed by atoms with Gasteiger partial charge in [0.25, 0.3) is 0 Å². The Hall–Kier alpha value is -1.99. The first-order chi connectivity index (χ1) is 13.1. The molecule has 0 unspecified atom stereocenters. The van der Waals surface area contributed by atoms with Crippen LogP contribution in [0.25, 0.3) is 10.2 Å². The summed E-state index contributed by atoms with van der Waals surface area (Å²) in [6, 6.07) is 8.25. The summed E-state index contributed by atoms with van der Waals surface area (Å²) in [4.78, 5) is 33.1. The molecule has 144 valence electrons. The monoisotopic (exact) mass is 386 g/mol. The van der Waals surface area contributed by atoms with Crippen molar-refractivity contribution < 1.29 is 9.59 Å². The van der Waals surface area contributed by atoms with Crippen molar-refractivity contribution >= 4 is 33.4 Å². The first-order valence-electron chi connectivity index (χ1n) is 9.75. The lowest BCUT2D eigenvalue weighted by atomic mass is 9.97. The number of fused-ring (bicyclic) bond motifs is 1. The fourth-order valence-corrected chi connectivity index (χ4v) is 5.29. The first-order valence-corrected chi connectivity index (χ1v) is 10.6. The summed E-state index contributed by atoms with van der Waals surface area (Å²) in [6.45, 7) is 3.45. The molecular weight excluding hydrogens is 360 g/mol. The minimum absolute atomic E-state index is 0.117. The molecule has 1 aromatic heterocycles. The first kappa shape index (κ1) is 18.4. The lowest BCUT2D eigenvalue weighted by molar-refractivity contribution is -0.136. The van der Waals surface area contributed by atoms with E-state index < -0.39 is 0 Å². The van der Waals surface area contributed by atoms with E-state index in [9.17, 15) is 9.59 Å². The Kier molecular flexibility index (Phi) is 5.41. The Labute approximate surface area is 163 Å². The van der Waals surface area contributed by atoms with Crippen molar-refractivity contribution in [2.75, 3.05) is 32.7 Å². The van der Waals surface area contributed by atoms with Crippen LogP contribution >= 0.6 is 11.3 Å². The molecule has 0 bridgehead atoms. The molecule has 6 nitrogen and oxygen atoms in total. The zero-order chi connectivity index (χ0) is 18.8. The normalized spacial score (nSPS) is 24.2. The van der Waals surface area contributed by atoms with Gasteiger partial charge in [-0.05, 0) is 44.4 Å². The number of amides is 2. The zero-order valence-electron chi connectivity index (χ0n) is 15.5. The number of benzene rings is 1. The molecule has 2 aliphatic heterocycles. The van der Waals surface area contributed by atoms with Crippen LogP contribution in [0.3, 0.4) is 0 Å². The Morgan fingerprint density at radius 3 is 2.78 bits per heavy atom. The standard InChI is InChI=1S/C20H26N4O2S/c21-19(26)14-5-4-10-24(12-14)18(25)13-23-9-3-6-15(11-23)20-22-16-7-1-2-8-17(16)27-20/h1-2,7-8,14-15H,3-6,9-13H2,(H2,21,26)/t14-,15-/m0/s1. The Bertz CT molecular complexity index is 803. The van der Waals surface area contributed by atoms with Crippen LogP contribution < -0.4 is 5.73 Å². The van der Waals surface area contributed by atoms with E-state index in [1.54, 1.807) is 11.3 Å². The summed E-state index contributed by atoms with van der Waals surface area (Å²) in [5.41, 5.74) is 6.50. The molecule has 3 heterocycles. The zero-order valence-corrected chi connectivity index (χ0v) is 16.3. The third kappa shape index (κ3) is 4.14. The molecule has 2 aromatic rings. The van der Waals surface area contributed by atoms with Crippen LogP contribution in [0.15, 0.2) is 24.3 Å². The molecule has 1 aromatic carbocycles. The van der Waals surface area contributed by atoms with Crippen LogP contribution in [-0.4, -0.2) is 59.3 Å². The van der Waals surface area contributed by atoms with E-state index >= 15 is 0 Å². The molecule has 0 aliphatic carbocycles. The molecule has 2 N–H and O–H groups in total. The number of nitrogens with two attached hydrogens (primary N) is 1. The molecule has 2 aliphatic rings. The molecule has 2 atom stereocenters. The summed E-state index contributed by atoms with van der Waals surface area (Å²) < 4.78 is 1.23. The Balaban J connectivity index is 1.38. The number of thiazole rings is 1. The summed E-state index contributed by atoms with van der Waals surface area (Å²) in [7, 11) is 0. The minimum Gasteiger partial charge on any atom is -0.369 e. The van der Waals surface area contributed by atoms with E-state index in [4.69, 9.17) is 10.7 Å². The molecule has 0 saturated carbocycles. The van der Waals surface area contributed by atoms with Crippen molar-refractivity contribution in [3.05, 3.63) is 29.3 Å². The summed E-state index contributed by atoms with van der Waals surface area (Å²) in [5, 5.41) is 1.18. The maximum Gasteiger partial charge on any atom is 0.236 e. The van der Waals surface area contributed by atoms with Gasteiger partial charge in [-0.25, -0.2) is 4.98 Å². The largest absolute Gasteiger partial charge is 0.369 e. The fraction of sp³-hybridized carbons (Fsp3) is 0.550. The van der Waals surface area contributed by atoms with Gasteiger partial charge in [0.2, 0.25) is 11.8 Å². The van der Waals surface area contributed by atoms with E-state index in [-0.39, 0.29) is 17.7 Å². The van der Waals surface area contributed by atoms with Gasteiger partial charge in [0, 0.05) is 25.6 Å². The van der Waals surface area contributed by atoms with Crippen molar-refractivity contribution in [3.8, 4) is 0 Å². The van der Waals surface area contributed by atoms with Gasteiger partial charge < -0.3 is 10.6 Å². The number of carbonyl (C=O) groups is 2. The van der Waals surface area contributed by atoms with Crippen LogP contribution in [0.2, 0.25) is 0 Å². The average molecular weight is 387 g/mol. The molecule has 4 rings (SSSR count). The maximum absolute atomic E-state index is 12.7. The lowest BCUT2D eigenvalue weighted by Crippen LogP contribution is -2.48. The number of hydrogen-bond donors (Lipinski definition) is 1. The molecule has 27 heavy (non-hydrogen) atoms. The SMILES string of the molecule is NC(=O)[C@H]1CCCN(C(=O)CN2CCC[C@H](c3nc4ccccc4s3)C2)C1.